The molecule has 2 rings (SSSR count). The third kappa shape index (κ3) is 2.05. The van der Waals surface area contributed by atoms with E-state index >= 15 is 0 Å². The van der Waals surface area contributed by atoms with E-state index in [0.717, 1.165) is 13.0 Å². The zero-order valence-electron chi connectivity index (χ0n) is 9.28. The highest BCUT2D eigenvalue weighted by molar-refractivity contribution is 5.86. The number of carbonyl (C=O) groups is 1. The molecular formula is C10H14N4O2. The Hall–Kier alpha value is -1.85. The van der Waals surface area contributed by atoms with Crippen LogP contribution in [0, 0.1) is 6.92 Å². The van der Waals surface area contributed by atoms with Crippen LogP contribution in [0.2, 0.25) is 0 Å². The number of hydrogen-bond donors (Lipinski definition) is 2. The van der Waals surface area contributed by atoms with E-state index in [1.165, 1.54) is 6.07 Å². The minimum atomic E-state index is -0.265. The molecule has 1 aromatic heterocycles. The first kappa shape index (κ1) is 10.7. The van der Waals surface area contributed by atoms with Crippen LogP contribution in [0.3, 0.4) is 0 Å². The quantitative estimate of drug-likeness (QED) is 0.721. The number of aryl methyl sites for hydroxylation is 1. The zero-order chi connectivity index (χ0) is 11.7. The SMILES string of the molecule is Cc1nc(NC2CCN(C)C2=O)cc(=O)[nH]1. The van der Waals surface area contributed by atoms with Gasteiger partial charge in [0.1, 0.15) is 17.7 Å². The van der Waals surface area contributed by atoms with Crippen molar-refractivity contribution in [2.75, 3.05) is 18.9 Å². The van der Waals surface area contributed by atoms with Gasteiger partial charge < -0.3 is 15.2 Å². The average Bonchev–Trinajstić information content (AvgIpc) is 2.48. The summed E-state index contributed by atoms with van der Waals surface area (Å²) in [5, 5.41) is 2.98. The predicted octanol–water partition coefficient (Wildman–Crippen LogP) is -0.279. The van der Waals surface area contributed by atoms with Crippen molar-refractivity contribution in [2.45, 2.75) is 19.4 Å². The number of likely N-dealkylation sites (tertiary alicyclic amines) is 1. The van der Waals surface area contributed by atoms with E-state index in [4.69, 9.17) is 0 Å². The van der Waals surface area contributed by atoms with Gasteiger partial charge in [-0.3, -0.25) is 9.59 Å². The van der Waals surface area contributed by atoms with E-state index < -0.39 is 0 Å². The minimum Gasteiger partial charge on any atom is -0.358 e. The second-order valence-corrected chi connectivity index (χ2v) is 3.96. The first-order chi connectivity index (χ1) is 7.56. The first-order valence-corrected chi connectivity index (χ1v) is 5.16. The van der Waals surface area contributed by atoms with Crippen LogP contribution in [-0.4, -0.2) is 40.4 Å². The minimum absolute atomic E-state index is 0.0414. The third-order valence-corrected chi connectivity index (χ3v) is 2.61. The lowest BCUT2D eigenvalue weighted by atomic mass is 10.2. The van der Waals surface area contributed by atoms with E-state index in [1.807, 2.05) is 0 Å². The summed E-state index contributed by atoms with van der Waals surface area (Å²) in [6, 6.07) is 1.09. The molecule has 1 aliphatic heterocycles. The van der Waals surface area contributed by atoms with Crippen molar-refractivity contribution in [1.29, 1.82) is 0 Å². The van der Waals surface area contributed by atoms with Crippen LogP contribution >= 0.6 is 0 Å². The normalized spacial score (nSPS) is 20.2. The Kier molecular flexibility index (Phi) is 2.64. The second kappa shape index (κ2) is 3.96. The van der Waals surface area contributed by atoms with Crippen LogP contribution in [0.5, 0.6) is 0 Å². The van der Waals surface area contributed by atoms with Gasteiger partial charge in [-0.25, -0.2) is 4.98 Å². The van der Waals surface area contributed by atoms with Gasteiger partial charge in [0.15, 0.2) is 0 Å². The molecular weight excluding hydrogens is 208 g/mol. The number of H-pyrrole nitrogens is 1. The molecule has 1 amide bonds. The average molecular weight is 222 g/mol. The predicted molar refractivity (Wildman–Crippen MR) is 59.3 cm³/mol. The Bertz CT molecular complexity index is 468. The molecule has 6 nitrogen and oxygen atoms in total. The molecule has 1 unspecified atom stereocenters. The Labute approximate surface area is 92.7 Å². The highest BCUT2D eigenvalue weighted by atomic mass is 16.2. The van der Waals surface area contributed by atoms with E-state index in [9.17, 15) is 9.59 Å². The summed E-state index contributed by atoms with van der Waals surface area (Å²) in [4.78, 5) is 31.2. The summed E-state index contributed by atoms with van der Waals surface area (Å²) >= 11 is 0. The highest BCUT2D eigenvalue weighted by Crippen LogP contribution is 2.13. The van der Waals surface area contributed by atoms with Gasteiger partial charge in [0.25, 0.3) is 5.56 Å². The Morgan fingerprint density at radius 3 is 2.88 bits per heavy atom. The van der Waals surface area contributed by atoms with Gasteiger partial charge >= 0.3 is 0 Å². The smallest absolute Gasteiger partial charge is 0.252 e. The van der Waals surface area contributed by atoms with Gasteiger partial charge in [-0.2, -0.15) is 0 Å². The van der Waals surface area contributed by atoms with Crippen molar-refractivity contribution < 1.29 is 4.79 Å². The number of amides is 1. The summed E-state index contributed by atoms with van der Waals surface area (Å²) in [5.74, 6) is 1.03. The lowest BCUT2D eigenvalue weighted by Crippen LogP contribution is -2.31. The number of anilines is 1. The number of nitrogens with zero attached hydrogens (tertiary/aromatic N) is 2. The van der Waals surface area contributed by atoms with Crippen LogP contribution < -0.4 is 10.9 Å². The van der Waals surface area contributed by atoms with E-state index in [2.05, 4.69) is 15.3 Å². The van der Waals surface area contributed by atoms with Crippen molar-refractivity contribution in [3.63, 3.8) is 0 Å². The maximum Gasteiger partial charge on any atom is 0.252 e. The van der Waals surface area contributed by atoms with Gasteiger partial charge in [-0.15, -0.1) is 0 Å². The molecule has 1 aliphatic rings. The maximum absolute atomic E-state index is 11.6. The van der Waals surface area contributed by atoms with Crippen LogP contribution in [0.15, 0.2) is 10.9 Å². The standard InChI is InChI=1S/C10H14N4O2/c1-6-11-8(5-9(15)12-6)13-7-3-4-14(2)10(7)16/h5,7H,3-4H2,1-2H3,(H2,11,12,13,15). The molecule has 6 heteroatoms. The van der Waals surface area contributed by atoms with Crippen molar-refractivity contribution in [2.24, 2.45) is 0 Å². The number of likely N-dealkylation sites (N-methyl/N-ethyl adjacent to an activating group) is 1. The van der Waals surface area contributed by atoms with E-state index in [1.54, 1.807) is 18.9 Å². The zero-order valence-corrected chi connectivity index (χ0v) is 9.28. The van der Waals surface area contributed by atoms with Crippen LogP contribution in [0.25, 0.3) is 0 Å². The van der Waals surface area contributed by atoms with E-state index in [0.29, 0.717) is 11.6 Å². The second-order valence-electron chi connectivity index (χ2n) is 3.96. The van der Waals surface area contributed by atoms with Gasteiger partial charge in [0.05, 0.1) is 0 Å². The third-order valence-electron chi connectivity index (χ3n) is 2.61. The largest absolute Gasteiger partial charge is 0.358 e. The molecule has 0 saturated carbocycles. The molecule has 1 fully saturated rings. The lowest BCUT2D eigenvalue weighted by molar-refractivity contribution is -0.127. The fourth-order valence-electron chi connectivity index (χ4n) is 1.79. The fourth-order valence-corrected chi connectivity index (χ4v) is 1.79. The number of nitrogens with one attached hydrogen (secondary N) is 2. The molecule has 0 bridgehead atoms. The Balaban J connectivity index is 2.15. The van der Waals surface area contributed by atoms with Gasteiger partial charge in [-0.05, 0) is 13.3 Å². The molecule has 1 saturated heterocycles. The molecule has 0 aliphatic carbocycles. The molecule has 16 heavy (non-hydrogen) atoms. The molecule has 0 radical (unpaired) electrons. The van der Waals surface area contributed by atoms with Gasteiger partial charge in [0.2, 0.25) is 5.91 Å². The number of carbonyl (C=O) groups excluding carboxylic acids is 1. The summed E-state index contributed by atoms with van der Waals surface area (Å²) in [5.41, 5.74) is -0.214. The first-order valence-electron chi connectivity index (χ1n) is 5.16. The van der Waals surface area contributed by atoms with Gasteiger partial charge in [-0.1, -0.05) is 0 Å². The Morgan fingerprint density at radius 1 is 1.56 bits per heavy atom. The van der Waals surface area contributed by atoms with Crippen LogP contribution in [0.1, 0.15) is 12.2 Å². The summed E-state index contributed by atoms with van der Waals surface area (Å²) in [6.45, 7) is 2.44. The number of hydrogen-bond acceptors (Lipinski definition) is 4. The number of rotatable bonds is 2. The highest BCUT2D eigenvalue weighted by Gasteiger charge is 2.29. The molecule has 86 valence electrons. The number of aromatic amines is 1. The van der Waals surface area contributed by atoms with Crippen molar-refractivity contribution in [3.8, 4) is 0 Å². The summed E-state index contributed by atoms with van der Waals surface area (Å²) < 4.78 is 0. The number of aromatic nitrogens is 2. The summed E-state index contributed by atoms with van der Waals surface area (Å²) in [6.07, 6.45) is 0.739. The molecule has 0 spiro atoms. The monoisotopic (exact) mass is 222 g/mol. The lowest BCUT2D eigenvalue weighted by Gasteiger charge is -2.12. The van der Waals surface area contributed by atoms with Crippen molar-refractivity contribution in [3.05, 3.63) is 22.2 Å². The topological polar surface area (TPSA) is 78.1 Å². The molecule has 1 atom stereocenters. The van der Waals surface area contributed by atoms with Crippen molar-refractivity contribution >= 4 is 11.7 Å². The van der Waals surface area contributed by atoms with Crippen LogP contribution in [0.4, 0.5) is 5.82 Å². The van der Waals surface area contributed by atoms with Gasteiger partial charge in [0, 0.05) is 19.7 Å². The maximum atomic E-state index is 11.6. The fraction of sp³-hybridized carbons (Fsp3) is 0.500. The van der Waals surface area contributed by atoms with Crippen LogP contribution in [-0.2, 0) is 4.79 Å². The molecule has 2 heterocycles. The molecule has 0 aromatic carbocycles. The summed E-state index contributed by atoms with van der Waals surface area (Å²) in [7, 11) is 1.76. The molecule has 2 N–H and O–H groups in total. The van der Waals surface area contributed by atoms with E-state index in [-0.39, 0.29) is 17.5 Å². The molecule has 1 aromatic rings. The van der Waals surface area contributed by atoms with Crippen molar-refractivity contribution in [1.82, 2.24) is 14.9 Å². The Morgan fingerprint density at radius 2 is 2.31 bits per heavy atom.